The number of hydrogen-bond donors (Lipinski definition) is 2. The van der Waals surface area contributed by atoms with Crippen LogP contribution in [0, 0.1) is 0 Å². The van der Waals surface area contributed by atoms with Crippen molar-refractivity contribution >= 4 is 15.7 Å². The first-order chi connectivity index (χ1) is 10.6. The summed E-state index contributed by atoms with van der Waals surface area (Å²) in [5, 5.41) is 5.97. The van der Waals surface area contributed by atoms with Crippen LogP contribution in [0.1, 0.15) is 24.8 Å². The van der Waals surface area contributed by atoms with E-state index in [0.717, 1.165) is 24.9 Å². The fraction of sp³-hybridized carbons (Fsp3) is 0.562. The predicted molar refractivity (Wildman–Crippen MR) is 87.5 cm³/mol. The first-order valence-corrected chi connectivity index (χ1v) is 9.62. The molecular formula is C16H24N2O3S. The van der Waals surface area contributed by atoms with Gasteiger partial charge in [0.25, 0.3) is 0 Å². The lowest BCUT2D eigenvalue weighted by atomic mass is 10.1. The van der Waals surface area contributed by atoms with Gasteiger partial charge in [-0.15, -0.1) is 0 Å². The Hall–Kier alpha value is -1.40. The molecule has 1 aliphatic heterocycles. The summed E-state index contributed by atoms with van der Waals surface area (Å²) in [6.45, 7) is 1.48. The van der Waals surface area contributed by atoms with Gasteiger partial charge in [-0.2, -0.15) is 0 Å². The van der Waals surface area contributed by atoms with Crippen molar-refractivity contribution in [2.45, 2.75) is 31.7 Å². The second kappa shape index (κ2) is 8.29. The number of carbonyl (C=O) groups excluding carboxylic acids is 1. The Morgan fingerprint density at radius 2 is 2.05 bits per heavy atom. The summed E-state index contributed by atoms with van der Waals surface area (Å²) < 4.78 is 23.9. The van der Waals surface area contributed by atoms with Crippen LogP contribution in [0.15, 0.2) is 30.3 Å². The van der Waals surface area contributed by atoms with Crippen molar-refractivity contribution in [1.82, 2.24) is 10.6 Å². The number of rotatable bonds is 8. The molecule has 1 aliphatic rings. The molecule has 0 aromatic heterocycles. The van der Waals surface area contributed by atoms with E-state index < -0.39 is 21.5 Å². The number of aryl methyl sites for hydroxylation is 1. The molecule has 22 heavy (non-hydrogen) atoms. The Morgan fingerprint density at radius 3 is 2.73 bits per heavy atom. The molecule has 0 aliphatic carbocycles. The van der Waals surface area contributed by atoms with Gasteiger partial charge in [0.1, 0.15) is 5.75 Å². The molecule has 0 spiro atoms. The van der Waals surface area contributed by atoms with Crippen molar-refractivity contribution in [1.29, 1.82) is 0 Å². The van der Waals surface area contributed by atoms with Crippen LogP contribution in [0.3, 0.4) is 0 Å². The van der Waals surface area contributed by atoms with Crippen molar-refractivity contribution in [3.05, 3.63) is 35.9 Å². The zero-order valence-electron chi connectivity index (χ0n) is 12.8. The van der Waals surface area contributed by atoms with Crippen molar-refractivity contribution < 1.29 is 13.2 Å². The smallest absolute Gasteiger partial charge is 0.235 e. The number of carbonyl (C=O) groups is 1. The van der Waals surface area contributed by atoms with Gasteiger partial charge in [-0.1, -0.05) is 30.3 Å². The minimum absolute atomic E-state index is 0.0526. The molecule has 1 aromatic carbocycles. The fourth-order valence-electron chi connectivity index (χ4n) is 2.63. The zero-order chi connectivity index (χ0) is 15.8. The molecule has 1 amide bonds. The largest absolute Gasteiger partial charge is 0.354 e. The molecule has 1 heterocycles. The van der Waals surface area contributed by atoms with Crippen LogP contribution in [0.25, 0.3) is 0 Å². The highest BCUT2D eigenvalue weighted by atomic mass is 32.2. The van der Waals surface area contributed by atoms with Gasteiger partial charge >= 0.3 is 0 Å². The number of nitrogens with one attached hydrogen (secondary N) is 2. The van der Waals surface area contributed by atoms with Crippen molar-refractivity contribution in [3.8, 4) is 0 Å². The normalized spacial score (nSPS) is 18.3. The highest BCUT2D eigenvalue weighted by Gasteiger charge is 2.19. The van der Waals surface area contributed by atoms with E-state index in [4.69, 9.17) is 0 Å². The molecular weight excluding hydrogens is 300 g/mol. The van der Waals surface area contributed by atoms with Crippen LogP contribution in [0.4, 0.5) is 0 Å². The minimum Gasteiger partial charge on any atom is -0.354 e. The minimum atomic E-state index is -3.33. The third-order valence-corrected chi connectivity index (χ3v) is 5.44. The van der Waals surface area contributed by atoms with Crippen LogP contribution >= 0.6 is 0 Å². The molecule has 2 N–H and O–H groups in total. The average Bonchev–Trinajstić information content (AvgIpc) is 2.99. The molecule has 0 radical (unpaired) electrons. The second-order valence-corrected chi connectivity index (χ2v) is 7.96. The molecule has 1 aromatic rings. The van der Waals surface area contributed by atoms with Crippen molar-refractivity contribution in [3.63, 3.8) is 0 Å². The lowest BCUT2D eigenvalue weighted by Crippen LogP contribution is -2.39. The van der Waals surface area contributed by atoms with Crippen LogP contribution < -0.4 is 10.6 Å². The van der Waals surface area contributed by atoms with Crippen LogP contribution in [-0.4, -0.2) is 45.0 Å². The number of hydrogen-bond acceptors (Lipinski definition) is 4. The molecule has 122 valence electrons. The summed E-state index contributed by atoms with van der Waals surface area (Å²) in [6.07, 6.45) is 3.40. The first-order valence-electron chi connectivity index (χ1n) is 7.79. The highest BCUT2D eigenvalue weighted by Crippen LogP contribution is 2.05. The molecule has 2 rings (SSSR count). The SMILES string of the molecule is O=C(CS(=O)(=O)CCCc1ccccc1)NCC1CCCN1. The van der Waals surface area contributed by atoms with Gasteiger partial charge in [0, 0.05) is 12.6 Å². The molecule has 1 saturated heterocycles. The molecule has 1 unspecified atom stereocenters. The first kappa shape index (κ1) is 17.0. The van der Waals surface area contributed by atoms with Crippen molar-refractivity contribution in [2.75, 3.05) is 24.6 Å². The van der Waals surface area contributed by atoms with E-state index in [1.165, 1.54) is 0 Å². The van der Waals surface area contributed by atoms with Crippen molar-refractivity contribution in [2.24, 2.45) is 0 Å². The van der Waals surface area contributed by atoms with Gasteiger partial charge in [0.05, 0.1) is 5.75 Å². The van der Waals surface area contributed by atoms with Gasteiger partial charge in [-0.05, 0) is 37.8 Å². The highest BCUT2D eigenvalue weighted by molar-refractivity contribution is 7.92. The van der Waals surface area contributed by atoms with E-state index in [0.29, 0.717) is 19.4 Å². The van der Waals surface area contributed by atoms with Gasteiger partial charge in [-0.25, -0.2) is 8.42 Å². The maximum atomic E-state index is 12.0. The second-order valence-electron chi connectivity index (χ2n) is 5.78. The summed E-state index contributed by atoms with van der Waals surface area (Å²) >= 11 is 0. The fourth-order valence-corrected chi connectivity index (χ4v) is 3.86. The van der Waals surface area contributed by atoms with E-state index in [1.807, 2.05) is 30.3 Å². The molecule has 1 fully saturated rings. The summed E-state index contributed by atoms with van der Waals surface area (Å²) in [5.41, 5.74) is 1.12. The summed E-state index contributed by atoms with van der Waals surface area (Å²) in [5.74, 6) is -0.751. The van der Waals surface area contributed by atoms with Gasteiger partial charge in [0.15, 0.2) is 9.84 Å². The monoisotopic (exact) mass is 324 g/mol. The Labute approximate surface area is 132 Å². The summed E-state index contributed by atoms with van der Waals surface area (Å²) in [6, 6.07) is 10.1. The van der Waals surface area contributed by atoms with Gasteiger partial charge in [-0.3, -0.25) is 4.79 Å². The van der Waals surface area contributed by atoms with Gasteiger partial charge < -0.3 is 10.6 Å². The molecule has 0 bridgehead atoms. The summed E-state index contributed by atoms with van der Waals surface area (Å²) in [4.78, 5) is 11.7. The molecule has 6 heteroatoms. The van der Waals surface area contributed by atoms with E-state index in [-0.39, 0.29) is 11.8 Å². The lowest BCUT2D eigenvalue weighted by Gasteiger charge is -2.11. The standard InChI is InChI=1S/C16H24N2O3S/c19-16(18-12-15-9-4-10-17-15)13-22(20,21)11-5-8-14-6-2-1-3-7-14/h1-3,6-7,15,17H,4-5,8-13H2,(H,18,19). The third kappa shape index (κ3) is 6.15. The van der Waals surface area contributed by atoms with Crippen LogP contribution in [0.5, 0.6) is 0 Å². The molecule has 5 nitrogen and oxygen atoms in total. The van der Waals surface area contributed by atoms with E-state index in [9.17, 15) is 13.2 Å². The van der Waals surface area contributed by atoms with E-state index in [2.05, 4.69) is 10.6 Å². The number of amides is 1. The molecule has 1 atom stereocenters. The van der Waals surface area contributed by atoms with E-state index >= 15 is 0 Å². The third-order valence-electron chi connectivity index (χ3n) is 3.82. The maximum Gasteiger partial charge on any atom is 0.235 e. The Bertz CT molecular complexity index is 566. The predicted octanol–water partition coefficient (Wildman–Crippen LogP) is 0.902. The maximum absolute atomic E-state index is 12.0. The Balaban J connectivity index is 1.67. The topological polar surface area (TPSA) is 75.3 Å². The summed E-state index contributed by atoms with van der Waals surface area (Å²) in [7, 11) is -3.33. The number of benzene rings is 1. The average molecular weight is 324 g/mol. The van der Waals surface area contributed by atoms with Crippen LogP contribution in [-0.2, 0) is 21.1 Å². The lowest BCUT2D eigenvalue weighted by molar-refractivity contribution is -0.118. The van der Waals surface area contributed by atoms with Crippen LogP contribution in [0.2, 0.25) is 0 Å². The molecule has 0 saturated carbocycles. The Kier molecular flexibility index (Phi) is 6.39. The Morgan fingerprint density at radius 1 is 1.27 bits per heavy atom. The quantitative estimate of drug-likeness (QED) is 0.745. The van der Waals surface area contributed by atoms with Gasteiger partial charge in [0.2, 0.25) is 5.91 Å². The zero-order valence-corrected chi connectivity index (χ0v) is 13.6. The number of sulfone groups is 1. The van der Waals surface area contributed by atoms with E-state index in [1.54, 1.807) is 0 Å².